The van der Waals surface area contributed by atoms with Crippen LogP contribution in [-0.4, -0.2) is 35.1 Å². The van der Waals surface area contributed by atoms with E-state index in [2.05, 4.69) is 6.92 Å². The molecule has 3 heteroatoms. The summed E-state index contributed by atoms with van der Waals surface area (Å²) in [7, 11) is 0. The average molecular weight is 216 g/mol. The van der Waals surface area contributed by atoms with Crippen LogP contribution in [0.1, 0.15) is 47.5 Å². The summed E-state index contributed by atoms with van der Waals surface area (Å²) in [5, 5.41) is 10.5. The quantitative estimate of drug-likeness (QED) is 0.732. The van der Waals surface area contributed by atoms with Crippen LogP contribution in [0.5, 0.6) is 0 Å². The molecule has 0 radical (unpaired) electrons. The van der Waals surface area contributed by atoms with Gasteiger partial charge in [-0.05, 0) is 34.1 Å². The lowest BCUT2D eigenvalue weighted by molar-refractivity contribution is -0.149. The van der Waals surface area contributed by atoms with E-state index in [-0.39, 0.29) is 5.60 Å². The van der Waals surface area contributed by atoms with Gasteiger partial charge in [-0.2, -0.15) is 0 Å². The molecule has 0 aromatic rings. The molecule has 0 amide bonds. The summed E-state index contributed by atoms with van der Waals surface area (Å²) in [5.41, 5.74) is -1.68. The lowest BCUT2D eigenvalue weighted by atomic mass is 9.83. The third-order valence-corrected chi connectivity index (χ3v) is 3.06. The van der Waals surface area contributed by atoms with Crippen LogP contribution in [0.25, 0.3) is 0 Å². The fourth-order valence-corrected chi connectivity index (χ4v) is 2.35. The van der Waals surface area contributed by atoms with Crippen molar-refractivity contribution in [1.29, 1.82) is 0 Å². The van der Waals surface area contributed by atoms with E-state index in [1.165, 1.54) is 0 Å². The first-order valence-corrected chi connectivity index (χ1v) is 5.73. The van der Waals surface area contributed by atoms with Gasteiger partial charge in [0, 0.05) is 13.0 Å². The molecule has 1 heterocycles. The average Bonchev–Trinajstić information content (AvgIpc) is 2.16. The van der Waals surface area contributed by atoms with Gasteiger partial charge in [-0.25, -0.2) is 0 Å². The summed E-state index contributed by atoms with van der Waals surface area (Å²) in [6.45, 7) is 11.0. The van der Waals surface area contributed by atoms with Crippen LogP contribution in [0.2, 0.25) is 0 Å². The van der Waals surface area contributed by atoms with Crippen molar-refractivity contribution in [2.75, 3.05) is 13.2 Å². The van der Waals surface area contributed by atoms with Crippen molar-refractivity contribution in [3.63, 3.8) is 0 Å². The van der Waals surface area contributed by atoms with E-state index >= 15 is 0 Å². The summed E-state index contributed by atoms with van der Waals surface area (Å²) in [6, 6.07) is 0. The predicted molar refractivity (Wildman–Crippen MR) is 59.9 cm³/mol. The number of aliphatic hydroxyl groups is 1. The van der Waals surface area contributed by atoms with Crippen LogP contribution in [0.4, 0.5) is 0 Å². The van der Waals surface area contributed by atoms with Gasteiger partial charge in [-0.1, -0.05) is 6.92 Å². The Morgan fingerprint density at radius 2 is 1.87 bits per heavy atom. The van der Waals surface area contributed by atoms with Gasteiger partial charge in [0.25, 0.3) is 0 Å². The number of rotatable bonds is 4. The van der Waals surface area contributed by atoms with Gasteiger partial charge in [0.2, 0.25) is 0 Å². The molecule has 1 N–H and O–H groups in total. The molecule has 1 rings (SSSR count). The number of ether oxygens (including phenoxy) is 2. The Kier molecular flexibility index (Phi) is 3.49. The Hall–Kier alpha value is -0.120. The summed E-state index contributed by atoms with van der Waals surface area (Å²) in [4.78, 5) is 0. The molecule has 1 saturated heterocycles. The van der Waals surface area contributed by atoms with Crippen molar-refractivity contribution >= 4 is 0 Å². The van der Waals surface area contributed by atoms with Crippen molar-refractivity contribution in [2.45, 2.75) is 64.3 Å². The van der Waals surface area contributed by atoms with Gasteiger partial charge >= 0.3 is 0 Å². The van der Waals surface area contributed by atoms with Gasteiger partial charge in [0.05, 0.1) is 17.8 Å². The minimum absolute atomic E-state index is 0.270. The Labute approximate surface area is 92.8 Å². The molecule has 0 aliphatic carbocycles. The second kappa shape index (κ2) is 4.04. The van der Waals surface area contributed by atoms with Crippen LogP contribution in [0.3, 0.4) is 0 Å². The van der Waals surface area contributed by atoms with Crippen LogP contribution in [0.15, 0.2) is 0 Å². The molecular weight excluding hydrogens is 192 g/mol. The SMILES string of the molecule is CCCOCC1(O)CC(C)(C)OC1(C)C. The molecule has 1 aliphatic rings. The molecule has 1 aliphatic heterocycles. The first kappa shape index (κ1) is 12.9. The molecule has 1 unspecified atom stereocenters. The smallest absolute Gasteiger partial charge is 0.119 e. The molecule has 3 nitrogen and oxygen atoms in total. The molecule has 15 heavy (non-hydrogen) atoms. The Morgan fingerprint density at radius 3 is 2.27 bits per heavy atom. The minimum atomic E-state index is -0.869. The standard InChI is InChI=1S/C12H24O3/c1-6-7-14-9-12(13)8-10(2,3)15-11(12,4)5/h13H,6-9H2,1-5H3. The van der Waals surface area contributed by atoms with E-state index in [4.69, 9.17) is 9.47 Å². The largest absolute Gasteiger partial charge is 0.384 e. The first-order valence-electron chi connectivity index (χ1n) is 5.73. The Balaban J connectivity index is 2.66. The van der Waals surface area contributed by atoms with Gasteiger partial charge in [-0.3, -0.25) is 0 Å². The molecule has 0 aromatic heterocycles. The van der Waals surface area contributed by atoms with Crippen molar-refractivity contribution in [3.05, 3.63) is 0 Å². The zero-order valence-corrected chi connectivity index (χ0v) is 10.6. The van der Waals surface area contributed by atoms with Crippen molar-refractivity contribution < 1.29 is 14.6 Å². The summed E-state index contributed by atoms with van der Waals surface area (Å²) >= 11 is 0. The summed E-state index contributed by atoms with van der Waals surface area (Å²) in [5.74, 6) is 0. The highest BCUT2D eigenvalue weighted by molar-refractivity contribution is 5.06. The van der Waals surface area contributed by atoms with Gasteiger partial charge < -0.3 is 14.6 Å². The fourth-order valence-electron chi connectivity index (χ4n) is 2.35. The fraction of sp³-hybridized carbons (Fsp3) is 1.00. The molecule has 90 valence electrons. The molecule has 0 aromatic carbocycles. The maximum Gasteiger partial charge on any atom is 0.119 e. The number of hydrogen-bond donors (Lipinski definition) is 1. The highest BCUT2D eigenvalue weighted by atomic mass is 16.6. The zero-order valence-electron chi connectivity index (χ0n) is 10.6. The molecule has 0 bridgehead atoms. The van der Waals surface area contributed by atoms with Crippen molar-refractivity contribution in [1.82, 2.24) is 0 Å². The van der Waals surface area contributed by atoms with Crippen LogP contribution >= 0.6 is 0 Å². The molecule has 1 fully saturated rings. The van der Waals surface area contributed by atoms with Crippen LogP contribution in [0, 0.1) is 0 Å². The van der Waals surface area contributed by atoms with Gasteiger partial charge in [0.1, 0.15) is 5.60 Å². The normalized spacial score (nSPS) is 33.2. The monoisotopic (exact) mass is 216 g/mol. The van der Waals surface area contributed by atoms with Crippen LogP contribution < -0.4 is 0 Å². The zero-order chi connectivity index (χ0) is 11.7. The van der Waals surface area contributed by atoms with E-state index in [0.29, 0.717) is 19.6 Å². The summed E-state index contributed by atoms with van der Waals surface area (Å²) < 4.78 is 11.3. The second-order valence-corrected chi connectivity index (χ2v) is 5.63. The topological polar surface area (TPSA) is 38.7 Å². The lowest BCUT2D eigenvalue weighted by Gasteiger charge is -2.34. The van der Waals surface area contributed by atoms with E-state index in [1.54, 1.807) is 0 Å². The second-order valence-electron chi connectivity index (χ2n) is 5.63. The molecule has 0 saturated carbocycles. The van der Waals surface area contributed by atoms with Crippen molar-refractivity contribution in [2.24, 2.45) is 0 Å². The van der Waals surface area contributed by atoms with E-state index in [0.717, 1.165) is 6.42 Å². The van der Waals surface area contributed by atoms with E-state index < -0.39 is 11.2 Å². The van der Waals surface area contributed by atoms with Crippen LogP contribution in [-0.2, 0) is 9.47 Å². The molecule has 0 spiro atoms. The Morgan fingerprint density at radius 1 is 1.27 bits per heavy atom. The Bertz CT molecular complexity index is 223. The maximum atomic E-state index is 10.5. The highest BCUT2D eigenvalue weighted by Crippen LogP contribution is 2.44. The van der Waals surface area contributed by atoms with E-state index in [1.807, 2.05) is 27.7 Å². The third-order valence-electron chi connectivity index (χ3n) is 3.06. The van der Waals surface area contributed by atoms with Crippen molar-refractivity contribution in [3.8, 4) is 0 Å². The van der Waals surface area contributed by atoms with Gasteiger partial charge in [0.15, 0.2) is 0 Å². The highest BCUT2D eigenvalue weighted by Gasteiger charge is 2.56. The molecule has 1 atom stereocenters. The third kappa shape index (κ3) is 2.71. The summed E-state index contributed by atoms with van der Waals surface area (Å²) in [6.07, 6.45) is 1.59. The maximum absolute atomic E-state index is 10.5. The van der Waals surface area contributed by atoms with E-state index in [9.17, 15) is 5.11 Å². The van der Waals surface area contributed by atoms with Gasteiger partial charge in [-0.15, -0.1) is 0 Å². The predicted octanol–water partition coefficient (Wildman–Crippen LogP) is 2.12. The molecular formula is C12H24O3. The minimum Gasteiger partial charge on any atom is -0.384 e. The lowest BCUT2D eigenvalue weighted by Crippen LogP contribution is -2.49. The number of hydrogen-bond acceptors (Lipinski definition) is 3. The first-order chi connectivity index (χ1) is 6.72.